The maximum Gasteiger partial charge on any atom is 0.229 e. The molecule has 0 aromatic carbocycles. The van der Waals surface area contributed by atoms with Crippen molar-refractivity contribution in [3.8, 4) is 0 Å². The zero-order valence-electron chi connectivity index (χ0n) is 11.2. The molecule has 1 rings (SSSR count). The van der Waals surface area contributed by atoms with Crippen molar-refractivity contribution in [2.24, 2.45) is 0 Å². The Hall–Kier alpha value is -0.900. The van der Waals surface area contributed by atoms with Gasteiger partial charge in [-0.3, -0.25) is 14.5 Å². The molecule has 17 heavy (non-hydrogen) atoms. The van der Waals surface area contributed by atoms with Crippen molar-refractivity contribution < 1.29 is 9.59 Å². The summed E-state index contributed by atoms with van der Waals surface area (Å²) in [5.74, 6) is -0.0428. The number of carbonyl (C=O) groups excluding carboxylic acids is 2. The molecule has 0 aromatic heterocycles. The highest BCUT2D eigenvalue weighted by atomic mass is 16.2. The van der Waals surface area contributed by atoms with E-state index in [1.807, 2.05) is 0 Å². The van der Waals surface area contributed by atoms with Gasteiger partial charge in [0.2, 0.25) is 11.8 Å². The Labute approximate surface area is 104 Å². The second-order valence-electron chi connectivity index (χ2n) is 4.71. The van der Waals surface area contributed by atoms with Crippen molar-refractivity contribution >= 4 is 11.8 Å². The first kappa shape index (κ1) is 14.2. The number of likely N-dealkylation sites (tertiary alicyclic amines) is 1. The molecular formula is C13H24N2O2. The maximum absolute atomic E-state index is 11.4. The van der Waals surface area contributed by atoms with E-state index in [1.165, 1.54) is 4.90 Å². The molecule has 1 fully saturated rings. The Bertz CT molecular complexity index is 261. The quantitative estimate of drug-likeness (QED) is 0.689. The largest absolute Gasteiger partial charge is 0.309 e. The third kappa shape index (κ3) is 3.28. The van der Waals surface area contributed by atoms with E-state index in [9.17, 15) is 9.59 Å². The third-order valence-electron chi connectivity index (χ3n) is 4.02. The van der Waals surface area contributed by atoms with Crippen molar-refractivity contribution in [1.29, 1.82) is 0 Å². The van der Waals surface area contributed by atoms with Crippen molar-refractivity contribution in [2.45, 2.75) is 58.4 Å². The number of nitrogens with one attached hydrogen (secondary N) is 1. The molecule has 0 bridgehead atoms. The van der Waals surface area contributed by atoms with E-state index in [1.54, 1.807) is 0 Å². The first-order valence-corrected chi connectivity index (χ1v) is 6.66. The van der Waals surface area contributed by atoms with Gasteiger partial charge in [0.25, 0.3) is 0 Å². The average Bonchev–Trinajstić information content (AvgIpc) is 2.66. The zero-order valence-corrected chi connectivity index (χ0v) is 11.2. The molecule has 0 saturated carbocycles. The fourth-order valence-electron chi connectivity index (χ4n) is 2.43. The van der Waals surface area contributed by atoms with Crippen LogP contribution in [0.2, 0.25) is 0 Å². The van der Waals surface area contributed by atoms with E-state index < -0.39 is 0 Å². The summed E-state index contributed by atoms with van der Waals surface area (Å²) in [6.45, 7) is 7.73. The van der Waals surface area contributed by atoms with E-state index in [4.69, 9.17) is 0 Å². The molecule has 1 heterocycles. The first-order chi connectivity index (χ1) is 8.08. The van der Waals surface area contributed by atoms with Crippen LogP contribution >= 0.6 is 0 Å². The van der Waals surface area contributed by atoms with Crippen LogP contribution in [0.5, 0.6) is 0 Å². The third-order valence-corrected chi connectivity index (χ3v) is 4.02. The van der Waals surface area contributed by atoms with Crippen LogP contribution in [0, 0.1) is 0 Å². The summed E-state index contributed by atoms with van der Waals surface area (Å²) < 4.78 is 0. The molecule has 0 aromatic rings. The van der Waals surface area contributed by atoms with Crippen molar-refractivity contribution in [3.05, 3.63) is 0 Å². The highest BCUT2D eigenvalue weighted by molar-refractivity contribution is 6.01. The number of rotatable bonds is 7. The molecule has 2 amide bonds. The van der Waals surface area contributed by atoms with Crippen molar-refractivity contribution in [3.63, 3.8) is 0 Å². The summed E-state index contributed by atoms with van der Waals surface area (Å²) >= 11 is 0. The van der Waals surface area contributed by atoms with Crippen LogP contribution in [0.15, 0.2) is 0 Å². The van der Waals surface area contributed by atoms with Gasteiger partial charge in [0, 0.05) is 31.5 Å². The van der Waals surface area contributed by atoms with Gasteiger partial charge in [-0.15, -0.1) is 0 Å². The van der Waals surface area contributed by atoms with Gasteiger partial charge in [-0.05, 0) is 19.3 Å². The van der Waals surface area contributed by atoms with Gasteiger partial charge in [0.05, 0.1) is 0 Å². The molecule has 1 aliphatic heterocycles. The molecular weight excluding hydrogens is 216 g/mol. The molecule has 0 aliphatic carbocycles. The van der Waals surface area contributed by atoms with Gasteiger partial charge in [0.15, 0.2) is 0 Å². The number of amides is 2. The molecule has 98 valence electrons. The Morgan fingerprint density at radius 1 is 1.06 bits per heavy atom. The second-order valence-corrected chi connectivity index (χ2v) is 4.71. The minimum atomic E-state index is -0.0214. The highest BCUT2D eigenvalue weighted by Gasteiger charge is 2.29. The van der Waals surface area contributed by atoms with Gasteiger partial charge in [0.1, 0.15) is 0 Å². The van der Waals surface area contributed by atoms with Crippen LogP contribution in [0.4, 0.5) is 0 Å². The fraction of sp³-hybridized carbons (Fsp3) is 0.846. The summed E-state index contributed by atoms with van der Waals surface area (Å²) in [5.41, 5.74) is 0.159. The van der Waals surface area contributed by atoms with E-state index in [-0.39, 0.29) is 17.4 Å². The lowest BCUT2D eigenvalue weighted by molar-refractivity contribution is -0.138. The Balaban J connectivity index is 2.41. The zero-order chi connectivity index (χ0) is 12.9. The number of imide groups is 1. The Morgan fingerprint density at radius 3 is 1.94 bits per heavy atom. The van der Waals surface area contributed by atoms with E-state index in [0.29, 0.717) is 25.9 Å². The lowest BCUT2D eigenvalue weighted by Gasteiger charge is -2.32. The summed E-state index contributed by atoms with van der Waals surface area (Å²) in [6, 6.07) is 0. The van der Waals surface area contributed by atoms with Gasteiger partial charge in [-0.2, -0.15) is 0 Å². The molecule has 1 N–H and O–H groups in total. The molecule has 0 radical (unpaired) electrons. The Kier molecular flexibility index (Phi) is 5.12. The summed E-state index contributed by atoms with van der Waals surface area (Å²) in [5, 5.41) is 3.50. The average molecular weight is 240 g/mol. The predicted octanol–water partition coefficient (Wildman–Crippen LogP) is 1.69. The van der Waals surface area contributed by atoms with Crippen LogP contribution in [-0.4, -0.2) is 35.3 Å². The van der Waals surface area contributed by atoms with Crippen molar-refractivity contribution in [1.82, 2.24) is 10.2 Å². The summed E-state index contributed by atoms with van der Waals surface area (Å²) in [4.78, 5) is 24.2. The van der Waals surface area contributed by atoms with Gasteiger partial charge in [-0.25, -0.2) is 0 Å². The van der Waals surface area contributed by atoms with E-state index >= 15 is 0 Å². The smallest absolute Gasteiger partial charge is 0.229 e. The van der Waals surface area contributed by atoms with Crippen LogP contribution in [-0.2, 0) is 9.59 Å². The van der Waals surface area contributed by atoms with Crippen LogP contribution < -0.4 is 5.32 Å². The number of hydrogen-bond donors (Lipinski definition) is 1. The highest BCUT2D eigenvalue weighted by Crippen LogP contribution is 2.19. The van der Waals surface area contributed by atoms with Gasteiger partial charge >= 0.3 is 0 Å². The predicted molar refractivity (Wildman–Crippen MR) is 67.6 cm³/mol. The van der Waals surface area contributed by atoms with Crippen LogP contribution in [0.25, 0.3) is 0 Å². The second kappa shape index (κ2) is 6.15. The first-order valence-electron chi connectivity index (χ1n) is 6.66. The lowest BCUT2D eigenvalue weighted by atomic mass is 9.90. The molecule has 4 nitrogen and oxygen atoms in total. The summed E-state index contributed by atoms with van der Waals surface area (Å²) in [7, 11) is 0. The normalized spacial score (nSPS) is 17.0. The standard InChI is InChI=1S/C13H24N2O2/c1-4-13(5-2,6-3)14-9-10-15-11(16)7-8-12(15)17/h14H,4-10H2,1-3H3. The van der Waals surface area contributed by atoms with Crippen molar-refractivity contribution in [2.75, 3.05) is 13.1 Å². The molecule has 1 saturated heterocycles. The summed E-state index contributed by atoms with van der Waals surface area (Å²) in [6.07, 6.45) is 3.99. The van der Waals surface area contributed by atoms with Gasteiger partial charge in [-0.1, -0.05) is 20.8 Å². The molecule has 4 heteroatoms. The minimum Gasteiger partial charge on any atom is -0.309 e. The molecule has 0 atom stereocenters. The SMILES string of the molecule is CCC(CC)(CC)NCCN1C(=O)CCC1=O. The van der Waals surface area contributed by atoms with E-state index in [2.05, 4.69) is 26.1 Å². The minimum absolute atomic E-state index is 0.0214. The van der Waals surface area contributed by atoms with Crippen LogP contribution in [0.3, 0.4) is 0 Å². The van der Waals surface area contributed by atoms with E-state index in [0.717, 1.165) is 19.3 Å². The fourth-order valence-corrected chi connectivity index (χ4v) is 2.43. The maximum atomic E-state index is 11.4. The molecule has 1 aliphatic rings. The topological polar surface area (TPSA) is 49.4 Å². The monoisotopic (exact) mass is 240 g/mol. The van der Waals surface area contributed by atoms with Gasteiger partial charge < -0.3 is 5.32 Å². The molecule has 0 unspecified atom stereocenters. The molecule has 0 spiro atoms. The lowest BCUT2D eigenvalue weighted by Crippen LogP contribution is -2.47. The number of hydrogen-bond acceptors (Lipinski definition) is 3. The Morgan fingerprint density at radius 2 is 1.53 bits per heavy atom. The van der Waals surface area contributed by atoms with Crippen LogP contribution in [0.1, 0.15) is 52.9 Å². The number of nitrogens with zero attached hydrogens (tertiary/aromatic N) is 1. The number of carbonyl (C=O) groups is 2.